The Kier molecular flexibility index (Phi) is 5.59. The lowest BCUT2D eigenvalue weighted by Gasteiger charge is -2.47. The van der Waals surface area contributed by atoms with Crippen molar-refractivity contribution in [3.05, 3.63) is 22.8 Å². The predicted molar refractivity (Wildman–Crippen MR) is 97.6 cm³/mol. The maximum atomic E-state index is 11.9. The van der Waals surface area contributed by atoms with Crippen molar-refractivity contribution < 1.29 is 14.7 Å². The number of carboxylic acids is 1. The molecule has 6 nitrogen and oxygen atoms in total. The molecule has 0 radical (unpaired) electrons. The number of β-lactam (4-membered cyclic amide) rings is 1. The number of rotatable bonds is 6. The summed E-state index contributed by atoms with van der Waals surface area (Å²) in [6.45, 7) is 4.45. The monoisotopic (exact) mass is 369 g/mol. The average molecular weight is 370 g/mol. The SMILES string of the molecule is CCN1CCC[C@H]1CSC=CC1=C(C(=O)O)N2C(=O)[C@@H](N)[C@H]2SC1. The second kappa shape index (κ2) is 7.51. The molecule has 8 heteroatoms. The van der Waals surface area contributed by atoms with Crippen molar-refractivity contribution in [1.29, 1.82) is 0 Å². The number of carbonyl (C=O) groups is 2. The third-order valence-electron chi connectivity index (χ3n) is 4.80. The molecular weight excluding hydrogens is 346 g/mol. The zero-order chi connectivity index (χ0) is 17.3. The quantitative estimate of drug-likeness (QED) is 0.682. The zero-order valence-corrected chi connectivity index (χ0v) is 15.3. The van der Waals surface area contributed by atoms with Crippen LogP contribution in [0.1, 0.15) is 19.8 Å². The number of aliphatic carboxylic acids is 1. The minimum absolute atomic E-state index is 0.0957. The maximum absolute atomic E-state index is 11.9. The van der Waals surface area contributed by atoms with E-state index in [1.807, 2.05) is 11.5 Å². The van der Waals surface area contributed by atoms with Crippen molar-refractivity contribution in [3.8, 4) is 0 Å². The largest absolute Gasteiger partial charge is 0.477 e. The lowest BCUT2D eigenvalue weighted by Crippen LogP contribution is -2.68. The second-order valence-corrected chi connectivity index (χ2v) is 8.22. The number of carboxylic acid groups (broad SMARTS) is 1. The summed E-state index contributed by atoms with van der Waals surface area (Å²) in [5.41, 5.74) is 6.53. The van der Waals surface area contributed by atoms with Crippen molar-refractivity contribution in [2.45, 2.75) is 37.2 Å². The van der Waals surface area contributed by atoms with Crippen LogP contribution in [0.25, 0.3) is 0 Å². The second-order valence-electron chi connectivity index (χ2n) is 6.18. The van der Waals surface area contributed by atoms with Crippen molar-refractivity contribution in [2.24, 2.45) is 5.73 Å². The first-order chi connectivity index (χ1) is 11.5. The molecule has 0 aromatic rings. The van der Waals surface area contributed by atoms with Gasteiger partial charge in [0.1, 0.15) is 17.1 Å². The van der Waals surface area contributed by atoms with E-state index >= 15 is 0 Å². The predicted octanol–water partition coefficient (Wildman–Crippen LogP) is 1.30. The van der Waals surface area contributed by atoms with Gasteiger partial charge in [0.25, 0.3) is 0 Å². The summed E-state index contributed by atoms with van der Waals surface area (Å²) >= 11 is 3.24. The normalized spacial score (nSPS) is 30.8. The summed E-state index contributed by atoms with van der Waals surface area (Å²) in [6.07, 6.45) is 4.33. The van der Waals surface area contributed by atoms with E-state index < -0.39 is 12.0 Å². The van der Waals surface area contributed by atoms with Gasteiger partial charge in [-0.3, -0.25) is 14.6 Å². The first-order valence-corrected chi connectivity index (χ1v) is 10.3. The molecule has 132 valence electrons. The van der Waals surface area contributed by atoms with Gasteiger partial charge in [-0.15, -0.1) is 23.5 Å². The molecule has 3 heterocycles. The van der Waals surface area contributed by atoms with E-state index in [4.69, 9.17) is 5.73 Å². The Hall–Kier alpha value is -0.960. The van der Waals surface area contributed by atoms with Gasteiger partial charge in [-0.05, 0) is 43.0 Å². The van der Waals surface area contributed by atoms with Gasteiger partial charge in [-0.1, -0.05) is 6.92 Å². The summed E-state index contributed by atoms with van der Waals surface area (Å²) in [5.74, 6) is 0.236. The van der Waals surface area contributed by atoms with E-state index in [2.05, 4.69) is 11.8 Å². The number of thioether (sulfide) groups is 2. The molecule has 2 fully saturated rings. The van der Waals surface area contributed by atoms with Gasteiger partial charge in [0.15, 0.2) is 0 Å². The Morgan fingerprint density at radius 1 is 1.54 bits per heavy atom. The molecule has 3 rings (SSSR count). The van der Waals surface area contributed by atoms with Crippen LogP contribution < -0.4 is 5.73 Å². The Morgan fingerprint density at radius 2 is 2.33 bits per heavy atom. The number of fused-ring (bicyclic) bond motifs is 1. The number of nitrogens with zero attached hydrogens (tertiary/aromatic N) is 2. The van der Waals surface area contributed by atoms with E-state index in [0.29, 0.717) is 17.4 Å². The van der Waals surface area contributed by atoms with Crippen LogP contribution in [0.5, 0.6) is 0 Å². The van der Waals surface area contributed by atoms with Crippen LogP contribution >= 0.6 is 23.5 Å². The highest BCUT2D eigenvalue weighted by Crippen LogP contribution is 2.39. The van der Waals surface area contributed by atoms with Gasteiger partial charge in [-0.25, -0.2) is 4.79 Å². The Balaban J connectivity index is 1.64. The van der Waals surface area contributed by atoms with Crippen molar-refractivity contribution in [1.82, 2.24) is 9.80 Å². The van der Waals surface area contributed by atoms with E-state index in [9.17, 15) is 14.7 Å². The number of hydrogen-bond donors (Lipinski definition) is 2. The highest BCUT2D eigenvalue weighted by Gasteiger charge is 2.51. The average Bonchev–Trinajstić information content (AvgIpc) is 3.04. The van der Waals surface area contributed by atoms with Gasteiger partial charge in [0.2, 0.25) is 5.91 Å². The molecular formula is C16H23N3O3S2. The molecule has 24 heavy (non-hydrogen) atoms. The molecule has 0 spiro atoms. The molecule has 0 aromatic carbocycles. The number of hydrogen-bond acceptors (Lipinski definition) is 6. The van der Waals surface area contributed by atoms with Gasteiger partial charge in [0, 0.05) is 17.5 Å². The van der Waals surface area contributed by atoms with Crippen molar-refractivity contribution in [2.75, 3.05) is 24.6 Å². The third-order valence-corrected chi connectivity index (χ3v) is 7.03. The third kappa shape index (κ3) is 3.24. The molecule has 3 atom stereocenters. The topological polar surface area (TPSA) is 86.9 Å². The molecule has 0 bridgehead atoms. The fraction of sp³-hybridized carbons (Fsp3) is 0.625. The van der Waals surface area contributed by atoms with Crippen LogP contribution in [0.3, 0.4) is 0 Å². The summed E-state index contributed by atoms with van der Waals surface area (Å²) < 4.78 is 0. The fourth-order valence-corrected chi connectivity index (χ4v) is 5.70. The summed E-state index contributed by atoms with van der Waals surface area (Å²) in [4.78, 5) is 27.3. The number of nitrogens with two attached hydrogens (primary N) is 1. The fourth-order valence-electron chi connectivity index (χ4n) is 3.46. The van der Waals surface area contributed by atoms with Gasteiger partial charge in [-0.2, -0.15) is 0 Å². The van der Waals surface area contributed by atoms with Crippen LogP contribution in [0.15, 0.2) is 22.8 Å². The Labute approximate surface area is 150 Å². The zero-order valence-electron chi connectivity index (χ0n) is 13.7. The highest BCUT2D eigenvalue weighted by molar-refractivity contribution is 8.02. The van der Waals surface area contributed by atoms with Crippen LogP contribution in [0.4, 0.5) is 0 Å². The number of carbonyl (C=O) groups excluding carboxylic acids is 1. The minimum Gasteiger partial charge on any atom is -0.477 e. The van der Waals surface area contributed by atoms with Crippen molar-refractivity contribution >= 4 is 35.4 Å². The molecule has 1 amide bonds. The molecule has 3 N–H and O–H groups in total. The molecule has 0 aromatic heterocycles. The lowest BCUT2D eigenvalue weighted by atomic mass is 10.0. The van der Waals surface area contributed by atoms with E-state index in [1.165, 1.54) is 36.0 Å². The van der Waals surface area contributed by atoms with Crippen molar-refractivity contribution in [3.63, 3.8) is 0 Å². The molecule has 3 aliphatic rings. The number of amides is 1. The van der Waals surface area contributed by atoms with Crippen LogP contribution in [0, 0.1) is 0 Å². The first-order valence-electron chi connectivity index (χ1n) is 8.23. The molecule has 3 aliphatic heterocycles. The van der Waals surface area contributed by atoms with Crippen LogP contribution in [0.2, 0.25) is 0 Å². The van der Waals surface area contributed by atoms with E-state index in [-0.39, 0.29) is 17.0 Å². The highest BCUT2D eigenvalue weighted by atomic mass is 32.2. The minimum atomic E-state index is -1.06. The standard InChI is InChI=1S/C16H23N3O3S2/c1-2-18-6-3-4-11(18)9-23-7-5-10-8-24-15-12(17)14(20)19(15)13(10)16(21)22/h5,7,11-12,15H,2-4,6,8-9,17H2,1H3,(H,21,22)/t11-,12+,15+/m0/s1. The molecule has 0 unspecified atom stereocenters. The van der Waals surface area contributed by atoms with Gasteiger partial charge in [0.05, 0.1) is 0 Å². The summed E-state index contributed by atoms with van der Waals surface area (Å²) in [7, 11) is 0. The molecule has 0 saturated carbocycles. The van der Waals surface area contributed by atoms with Gasteiger partial charge < -0.3 is 10.8 Å². The summed E-state index contributed by atoms with van der Waals surface area (Å²) in [6, 6.07) is 0.0318. The number of likely N-dealkylation sites (tertiary alicyclic amines) is 1. The maximum Gasteiger partial charge on any atom is 0.352 e. The van der Waals surface area contributed by atoms with E-state index in [0.717, 1.165) is 12.3 Å². The first kappa shape index (κ1) is 17.8. The lowest BCUT2D eigenvalue weighted by molar-refractivity contribution is -0.147. The molecule has 0 aliphatic carbocycles. The van der Waals surface area contributed by atoms with Gasteiger partial charge >= 0.3 is 5.97 Å². The number of allylic oxidation sites excluding steroid dienone is 1. The Bertz CT molecular complexity index is 593. The van der Waals surface area contributed by atoms with Crippen LogP contribution in [-0.2, 0) is 9.59 Å². The van der Waals surface area contributed by atoms with Crippen LogP contribution in [-0.4, -0.2) is 68.8 Å². The molecule has 2 saturated heterocycles. The van der Waals surface area contributed by atoms with E-state index in [1.54, 1.807) is 11.8 Å². The smallest absolute Gasteiger partial charge is 0.352 e. The Morgan fingerprint density at radius 3 is 3.04 bits per heavy atom. The summed E-state index contributed by atoms with van der Waals surface area (Å²) in [5, 5.41) is 11.2.